The summed E-state index contributed by atoms with van der Waals surface area (Å²) >= 11 is 0. The molecule has 1 rings (SSSR count). The van der Waals surface area contributed by atoms with Crippen LogP contribution in [0.25, 0.3) is 0 Å². The van der Waals surface area contributed by atoms with Crippen LogP contribution in [-0.4, -0.2) is 33.6 Å². The van der Waals surface area contributed by atoms with Gasteiger partial charge in [-0.15, -0.1) is 0 Å². The van der Waals surface area contributed by atoms with E-state index in [-0.39, 0.29) is 18.2 Å². The number of pyridine rings is 1. The van der Waals surface area contributed by atoms with Gasteiger partial charge in [-0.3, -0.25) is 14.9 Å². The lowest BCUT2D eigenvalue weighted by atomic mass is 10.2. The number of nitrogens with zero attached hydrogens (tertiary/aromatic N) is 3. The molecule has 7 nitrogen and oxygen atoms in total. The Bertz CT molecular complexity index is 490. The quantitative estimate of drug-likeness (QED) is 0.625. The predicted molar refractivity (Wildman–Crippen MR) is 70.4 cm³/mol. The molecule has 1 unspecified atom stereocenters. The minimum absolute atomic E-state index is 0.00836. The van der Waals surface area contributed by atoms with Crippen LogP contribution in [-0.2, 0) is 4.79 Å². The van der Waals surface area contributed by atoms with Gasteiger partial charge in [-0.25, -0.2) is 4.98 Å². The zero-order valence-electron chi connectivity index (χ0n) is 11.2. The summed E-state index contributed by atoms with van der Waals surface area (Å²) in [4.78, 5) is 27.1. The Morgan fingerprint density at radius 2 is 2.26 bits per heavy atom. The normalized spacial score (nSPS) is 11.9. The van der Waals surface area contributed by atoms with Crippen molar-refractivity contribution in [2.75, 3.05) is 11.4 Å². The van der Waals surface area contributed by atoms with E-state index >= 15 is 0 Å². The molecule has 0 fully saturated rings. The largest absolute Gasteiger partial charge is 0.481 e. The fraction of sp³-hybridized carbons (Fsp3) is 0.500. The third-order valence-electron chi connectivity index (χ3n) is 2.89. The van der Waals surface area contributed by atoms with E-state index in [0.717, 1.165) is 0 Å². The summed E-state index contributed by atoms with van der Waals surface area (Å²) in [5.41, 5.74) is 0.474. The molecule has 1 atom stereocenters. The highest BCUT2D eigenvalue weighted by Gasteiger charge is 2.20. The van der Waals surface area contributed by atoms with Gasteiger partial charge in [0.1, 0.15) is 5.82 Å². The van der Waals surface area contributed by atoms with Crippen molar-refractivity contribution in [1.82, 2.24) is 4.98 Å². The smallest absolute Gasteiger partial charge is 0.305 e. The molecule has 0 aliphatic rings. The number of aliphatic carboxylic acids is 1. The lowest BCUT2D eigenvalue weighted by Crippen LogP contribution is -2.35. The number of aryl methyl sites for hydroxylation is 1. The van der Waals surface area contributed by atoms with Crippen molar-refractivity contribution in [1.29, 1.82) is 0 Å². The molecule has 1 aromatic rings. The van der Waals surface area contributed by atoms with Crippen LogP contribution in [0.3, 0.4) is 0 Å². The van der Waals surface area contributed by atoms with E-state index in [4.69, 9.17) is 5.11 Å². The lowest BCUT2D eigenvalue weighted by molar-refractivity contribution is -0.385. The summed E-state index contributed by atoms with van der Waals surface area (Å²) in [6.07, 6.45) is 1.39. The second-order valence-electron chi connectivity index (χ2n) is 4.32. The maximum absolute atomic E-state index is 10.9. The van der Waals surface area contributed by atoms with Gasteiger partial charge in [0.2, 0.25) is 0 Å². The second kappa shape index (κ2) is 6.12. The Labute approximate surface area is 111 Å². The molecule has 0 aromatic carbocycles. The molecule has 0 bridgehead atoms. The predicted octanol–water partition coefficient (Wildman–Crippen LogP) is 1.99. The van der Waals surface area contributed by atoms with Crippen molar-refractivity contribution in [2.45, 2.75) is 33.2 Å². The van der Waals surface area contributed by atoms with Crippen LogP contribution in [0.5, 0.6) is 0 Å². The molecule has 0 aliphatic heterocycles. The Balaban J connectivity index is 3.08. The fourth-order valence-corrected chi connectivity index (χ4v) is 1.92. The van der Waals surface area contributed by atoms with Crippen molar-refractivity contribution < 1.29 is 14.8 Å². The first-order chi connectivity index (χ1) is 8.86. The van der Waals surface area contributed by atoms with Crippen molar-refractivity contribution >= 4 is 17.5 Å². The number of carbonyl (C=O) groups is 1. The van der Waals surface area contributed by atoms with Crippen molar-refractivity contribution in [2.24, 2.45) is 0 Å². The molecule has 7 heteroatoms. The topological polar surface area (TPSA) is 96.6 Å². The zero-order chi connectivity index (χ0) is 14.6. The molecule has 19 heavy (non-hydrogen) atoms. The third-order valence-corrected chi connectivity index (χ3v) is 2.89. The van der Waals surface area contributed by atoms with Gasteiger partial charge in [0.05, 0.1) is 17.4 Å². The van der Waals surface area contributed by atoms with Gasteiger partial charge in [-0.2, -0.15) is 0 Å². The van der Waals surface area contributed by atoms with E-state index in [9.17, 15) is 14.9 Å². The monoisotopic (exact) mass is 267 g/mol. The zero-order valence-corrected chi connectivity index (χ0v) is 11.2. The summed E-state index contributed by atoms with van der Waals surface area (Å²) in [6.45, 7) is 5.75. The highest BCUT2D eigenvalue weighted by Crippen LogP contribution is 2.24. The second-order valence-corrected chi connectivity index (χ2v) is 4.32. The molecule has 0 amide bonds. The van der Waals surface area contributed by atoms with Gasteiger partial charge < -0.3 is 10.0 Å². The van der Waals surface area contributed by atoms with Crippen LogP contribution in [0.1, 0.15) is 25.8 Å². The number of carboxylic acid groups (broad SMARTS) is 1. The summed E-state index contributed by atoms with van der Waals surface area (Å²) in [5, 5.41) is 19.7. The van der Waals surface area contributed by atoms with Crippen molar-refractivity contribution in [3.63, 3.8) is 0 Å². The van der Waals surface area contributed by atoms with E-state index in [0.29, 0.717) is 17.9 Å². The number of nitro groups is 1. The first kappa shape index (κ1) is 14.9. The summed E-state index contributed by atoms with van der Waals surface area (Å²) in [6, 6.07) is 1.11. The molecular weight excluding hydrogens is 250 g/mol. The Morgan fingerprint density at radius 1 is 1.63 bits per heavy atom. The fourth-order valence-electron chi connectivity index (χ4n) is 1.92. The number of aromatic nitrogens is 1. The molecule has 1 heterocycles. The average Bonchev–Trinajstić information content (AvgIpc) is 2.30. The maximum atomic E-state index is 10.9. The van der Waals surface area contributed by atoms with E-state index < -0.39 is 10.9 Å². The number of anilines is 1. The van der Waals surface area contributed by atoms with E-state index in [2.05, 4.69) is 4.98 Å². The highest BCUT2D eigenvalue weighted by molar-refractivity contribution is 5.68. The van der Waals surface area contributed by atoms with Crippen LogP contribution in [0.4, 0.5) is 11.5 Å². The maximum Gasteiger partial charge on any atom is 0.305 e. The van der Waals surface area contributed by atoms with Crippen LogP contribution in [0.2, 0.25) is 0 Å². The minimum atomic E-state index is -0.910. The van der Waals surface area contributed by atoms with Crippen LogP contribution >= 0.6 is 0 Å². The average molecular weight is 267 g/mol. The molecule has 0 aliphatic carbocycles. The molecule has 0 saturated heterocycles. The molecular formula is C12H17N3O4. The number of rotatable bonds is 6. The Morgan fingerprint density at radius 3 is 2.74 bits per heavy atom. The number of hydrogen-bond acceptors (Lipinski definition) is 5. The van der Waals surface area contributed by atoms with Crippen molar-refractivity contribution in [3.8, 4) is 0 Å². The van der Waals surface area contributed by atoms with Crippen LogP contribution in [0.15, 0.2) is 12.3 Å². The summed E-state index contributed by atoms with van der Waals surface area (Å²) < 4.78 is 0. The molecule has 0 spiro atoms. The minimum Gasteiger partial charge on any atom is -0.481 e. The SMILES string of the molecule is CCN(c1cc([N+](=O)[O-])c(C)cn1)C(C)CC(=O)O. The van der Waals surface area contributed by atoms with Gasteiger partial charge in [-0.05, 0) is 20.8 Å². The van der Waals surface area contributed by atoms with Gasteiger partial charge in [0.25, 0.3) is 5.69 Å². The van der Waals surface area contributed by atoms with Gasteiger partial charge in [-0.1, -0.05) is 0 Å². The summed E-state index contributed by atoms with van der Waals surface area (Å²) in [5.74, 6) is -0.485. The van der Waals surface area contributed by atoms with Gasteiger partial charge in [0.15, 0.2) is 0 Å². The number of hydrogen-bond donors (Lipinski definition) is 1. The molecule has 0 radical (unpaired) electrons. The first-order valence-corrected chi connectivity index (χ1v) is 5.96. The van der Waals surface area contributed by atoms with Crippen molar-refractivity contribution in [3.05, 3.63) is 27.9 Å². The van der Waals surface area contributed by atoms with Crippen LogP contribution in [0, 0.1) is 17.0 Å². The van der Waals surface area contributed by atoms with Gasteiger partial charge in [0, 0.05) is 24.3 Å². The Kier molecular flexibility index (Phi) is 4.80. The lowest BCUT2D eigenvalue weighted by Gasteiger charge is -2.28. The highest BCUT2D eigenvalue weighted by atomic mass is 16.6. The first-order valence-electron chi connectivity index (χ1n) is 5.96. The molecule has 1 N–H and O–H groups in total. The number of carboxylic acids is 1. The van der Waals surface area contributed by atoms with Crippen LogP contribution < -0.4 is 4.90 Å². The third kappa shape index (κ3) is 3.64. The summed E-state index contributed by atoms with van der Waals surface area (Å²) in [7, 11) is 0. The van der Waals surface area contributed by atoms with Gasteiger partial charge >= 0.3 is 5.97 Å². The molecule has 0 saturated carbocycles. The molecule has 104 valence electrons. The standard InChI is InChI=1S/C12H17N3O4/c1-4-14(9(3)5-12(16)17)11-6-10(15(18)19)8(2)7-13-11/h6-7,9H,4-5H2,1-3H3,(H,16,17). The van der Waals surface area contributed by atoms with E-state index in [1.54, 1.807) is 18.7 Å². The molecule has 1 aromatic heterocycles. The van der Waals surface area contributed by atoms with E-state index in [1.165, 1.54) is 12.3 Å². The Hall–Kier alpha value is -2.18. The van der Waals surface area contributed by atoms with E-state index in [1.807, 2.05) is 6.92 Å².